The SMILES string of the molecule is CC(C)(C)CNc1nccc(N2CC(N)C2)n1. The quantitative estimate of drug-likeness (QED) is 0.820. The van der Waals surface area contributed by atoms with Gasteiger partial charge in [0.15, 0.2) is 0 Å². The van der Waals surface area contributed by atoms with E-state index in [1.165, 1.54) is 0 Å². The van der Waals surface area contributed by atoms with E-state index in [9.17, 15) is 0 Å². The van der Waals surface area contributed by atoms with E-state index >= 15 is 0 Å². The van der Waals surface area contributed by atoms with E-state index < -0.39 is 0 Å². The average molecular weight is 235 g/mol. The predicted octanol–water partition coefficient (Wildman–Crippen LogP) is 1.08. The maximum atomic E-state index is 5.76. The molecule has 0 amide bonds. The van der Waals surface area contributed by atoms with Crippen molar-refractivity contribution in [2.45, 2.75) is 26.8 Å². The molecule has 1 fully saturated rings. The number of anilines is 2. The van der Waals surface area contributed by atoms with Gasteiger partial charge in [-0.15, -0.1) is 0 Å². The van der Waals surface area contributed by atoms with Crippen LogP contribution >= 0.6 is 0 Å². The zero-order chi connectivity index (χ0) is 12.5. The van der Waals surface area contributed by atoms with Crippen LogP contribution in [0.3, 0.4) is 0 Å². The number of rotatable bonds is 3. The molecular formula is C12H21N5. The second-order valence-corrected chi connectivity index (χ2v) is 5.82. The zero-order valence-electron chi connectivity index (χ0n) is 10.8. The van der Waals surface area contributed by atoms with Crippen molar-refractivity contribution in [1.29, 1.82) is 0 Å². The van der Waals surface area contributed by atoms with Gasteiger partial charge in [-0.25, -0.2) is 4.98 Å². The number of hydrogen-bond donors (Lipinski definition) is 2. The lowest BCUT2D eigenvalue weighted by Gasteiger charge is -2.37. The van der Waals surface area contributed by atoms with Gasteiger partial charge in [0.05, 0.1) is 0 Å². The van der Waals surface area contributed by atoms with Gasteiger partial charge in [-0.05, 0) is 11.5 Å². The van der Waals surface area contributed by atoms with E-state index in [4.69, 9.17) is 5.73 Å². The molecule has 0 atom stereocenters. The van der Waals surface area contributed by atoms with Gasteiger partial charge in [0.25, 0.3) is 0 Å². The van der Waals surface area contributed by atoms with Crippen molar-refractivity contribution in [3.05, 3.63) is 12.3 Å². The van der Waals surface area contributed by atoms with Gasteiger partial charge >= 0.3 is 0 Å². The number of aromatic nitrogens is 2. The summed E-state index contributed by atoms with van der Waals surface area (Å²) in [7, 11) is 0. The van der Waals surface area contributed by atoms with Crippen LogP contribution in [0.2, 0.25) is 0 Å². The van der Waals surface area contributed by atoms with Crippen LogP contribution in [0, 0.1) is 5.41 Å². The fraction of sp³-hybridized carbons (Fsp3) is 0.667. The number of nitrogens with two attached hydrogens (primary N) is 1. The van der Waals surface area contributed by atoms with Crippen molar-refractivity contribution in [1.82, 2.24) is 9.97 Å². The van der Waals surface area contributed by atoms with Crippen LogP contribution in [-0.4, -0.2) is 35.6 Å². The van der Waals surface area contributed by atoms with Gasteiger partial charge in [-0.2, -0.15) is 4.98 Å². The lowest BCUT2D eigenvalue weighted by molar-refractivity contribution is 0.441. The van der Waals surface area contributed by atoms with Gasteiger partial charge < -0.3 is 16.0 Å². The molecule has 2 rings (SSSR count). The van der Waals surface area contributed by atoms with Crippen molar-refractivity contribution in [2.75, 3.05) is 29.9 Å². The molecule has 94 valence electrons. The Hall–Kier alpha value is -1.36. The van der Waals surface area contributed by atoms with E-state index in [1.807, 2.05) is 6.07 Å². The number of nitrogens with zero attached hydrogens (tertiary/aromatic N) is 3. The molecule has 0 radical (unpaired) electrons. The Balaban J connectivity index is 1.97. The monoisotopic (exact) mass is 235 g/mol. The molecule has 0 bridgehead atoms. The minimum Gasteiger partial charge on any atom is -0.354 e. The third-order valence-electron chi connectivity index (χ3n) is 2.65. The first kappa shape index (κ1) is 12.1. The molecule has 5 nitrogen and oxygen atoms in total. The summed E-state index contributed by atoms with van der Waals surface area (Å²) in [4.78, 5) is 10.9. The normalized spacial score (nSPS) is 16.8. The molecule has 3 N–H and O–H groups in total. The van der Waals surface area contributed by atoms with Crippen molar-refractivity contribution >= 4 is 11.8 Å². The summed E-state index contributed by atoms with van der Waals surface area (Å²) in [5.41, 5.74) is 5.98. The fourth-order valence-electron chi connectivity index (χ4n) is 1.65. The van der Waals surface area contributed by atoms with Crippen LogP contribution in [0.25, 0.3) is 0 Å². The molecule has 17 heavy (non-hydrogen) atoms. The summed E-state index contributed by atoms with van der Waals surface area (Å²) < 4.78 is 0. The summed E-state index contributed by atoms with van der Waals surface area (Å²) in [5, 5.41) is 3.26. The third-order valence-corrected chi connectivity index (χ3v) is 2.65. The Labute approximate surface area is 102 Å². The Morgan fingerprint density at radius 3 is 2.76 bits per heavy atom. The lowest BCUT2D eigenvalue weighted by atomic mass is 9.97. The van der Waals surface area contributed by atoms with E-state index in [2.05, 4.69) is 41.0 Å². The summed E-state index contributed by atoms with van der Waals surface area (Å²) in [6.45, 7) is 9.16. The number of nitrogens with one attached hydrogen (secondary N) is 1. The third kappa shape index (κ3) is 3.30. The van der Waals surface area contributed by atoms with Crippen molar-refractivity contribution < 1.29 is 0 Å². The molecule has 0 aliphatic carbocycles. The van der Waals surface area contributed by atoms with Crippen LogP contribution < -0.4 is 16.0 Å². The van der Waals surface area contributed by atoms with Crippen molar-refractivity contribution in [3.63, 3.8) is 0 Å². The smallest absolute Gasteiger partial charge is 0.224 e. The Kier molecular flexibility index (Phi) is 3.19. The van der Waals surface area contributed by atoms with Crippen LogP contribution in [0.15, 0.2) is 12.3 Å². The van der Waals surface area contributed by atoms with Crippen LogP contribution in [-0.2, 0) is 0 Å². The molecule has 5 heteroatoms. The summed E-state index contributed by atoms with van der Waals surface area (Å²) in [6.07, 6.45) is 1.79. The average Bonchev–Trinajstić information content (AvgIpc) is 2.21. The van der Waals surface area contributed by atoms with E-state index in [1.54, 1.807) is 6.20 Å². The summed E-state index contributed by atoms with van der Waals surface area (Å²) in [5.74, 6) is 1.65. The fourth-order valence-corrected chi connectivity index (χ4v) is 1.65. The Morgan fingerprint density at radius 2 is 2.18 bits per heavy atom. The lowest BCUT2D eigenvalue weighted by Crippen LogP contribution is -2.56. The minimum absolute atomic E-state index is 0.221. The Morgan fingerprint density at radius 1 is 1.47 bits per heavy atom. The molecule has 0 aromatic carbocycles. The maximum absolute atomic E-state index is 5.76. The Bertz CT molecular complexity index is 379. The molecule has 0 spiro atoms. The van der Waals surface area contributed by atoms with Crippen LogP contribution in [0.1, 0.15) is 20.8 Å². The topological polar surface area (TPSA) is 67.1 Å². The molecule has 0 saturated carbocycles. The first-order valence-electron chi connectivity index (χ1n) is 6.01. The van der Waals surface area contributed by atoms with Crippen LogP contribution in [0.5, 0.6) is 0 Å². The molecule has 1 aromatic heterocycles. The molecule has 0 unspecified atom stereocenters. The largest absolute Gasteiger partial charge is 0.354 e. The molecule has 1 saturated heterocycles. The van der Waals surface area contributed by atoms with E-state index in [-0.39, 0.29) is 11.5 Å². The highest BCUT2D eigenvalue weighted by Crippen LogP contribution is 2.19. The van der Waals surface area contributed by atoms with Gasteiger partial charge in [-0.3, -0.25) is 0 Å². The highest BCUT2D eigenvalue weighted by Gasteiger charge is 2.24. The van der Waals surface area contributed by atoms with E-state index in [0.717, 1.165) is 25.5 Å². The molecule has 2 heterocycles. The molecule has 1 aliphatic rings. The van der Waals surface area contributed by atoms with Crippen LogP contribution in [0.4, 0.5) is 11.8 Å². The number of hydrogen-bond acceptors (Lipinski definition) is 5. The zero-order valence-corrected chi connectivity index (χ0v) is 10.8. The second kappa shape index (κ2) is 4.49. The second-order valence-electron chi connectivity index (χ2n) is 5.82. The van der Waals surface area contributed by atoms with Gasteiger partial charge in [-0.1, -0.05) is 20.8 Å². The van der Waals surface area contributed by atoms with Gasteiger partial charge in [0.1, 0.15) is 5.82 Å². The summed E-state index contributed by atoms with van der Waals surface area (Å²) >= 11 is 0. The first-order valence-corrected chi connectivity index (χ1v) is 6.01. The first-order chi connectivity index (χ1) is 7.94. The van der Waals surface area contributed by atoms with E-state index in [0.29, 0.717) is 5.95 Å². The predicted molar refractivity (Wildman–Crippen MR) is 70.2 cm³/mol. The molecule has 1 aromatic rings. The summed E-state index contributed by atoms with van der Waals surface area (Å²) in [6, 6.07) is 2.21. The maximum Gasteiger partial charge on any atom is 0.224 e. The van der Waals surface area contributed by atoms with Gasteiger partial charge in [0, 0.05) is 31.9 Å². The highest BCUT2D eigenvalue weighted by molar-refractivity contribution is 5.45. The highest BCUT2D eigenvalue weighted by atomic mass is 15.3. The van der Waals surface area contributed by atoms with Gasteiger partial charge in [0.2, 0.25) is 5.95 Å². The van der Waals surface area contributed by atoms with Crippen molar-refractivity contribution in [2.24, 2.45) is 11.1 Å². The standard InChI is InChI=1S/C12H21N5/c1-12(2,3)8-15-11-14-5-4-10(16-11)17-6-9(13)7-17/h4-5,9H,6-8,13H2,1-3H3,(H,14,15,16). The molecule has 1 aliphatic heterocycles. The minimum atomic E-state index is 0.221. The van der Waals surface area contributed by atoms with Crippen molar-refractivity contribution in [3.8, 4) is 0 Å². The molecular weight excluding hydrogens is 214 g/mol.